The van der Waals surface area contributed by atoms with Gasteiger partial charge in [0.1, 0.15) is 11.4 Å². The summed E-state index contributed by atoms with van der Waals surface area (Å²) in [6.45, 7) is 11.6. The van der Waals surface area contributed by atoms with E-state index in [0.29, 0.717) is 6.54 Å². The Kier molecular flexibility index (Phi) is 4.33. The minimum absolute atomic E-state index is 0.00777. The Bertz CT molecular complexity index is 350. The predicted molar refractivity (Wildman–Crippen MR) is 69.8 cm³/mol. The number of β-amino-alcohol motifs (C(OH)–C–C–N with tert-alkyl or cyclic N) is 1. The van der Waals surface area contributed by atoms with Crippen LogP contribution in [0.4, 0.5) is 0 Å². The maximum absolute atomic E-state index is 10.5. The largest absolute Gasteiger partial charge is 0.381 e. The fraction of sp³-hybridized carbons (Fsp3) is 0.769. The van der Waals surface area contributed by atoms with E-state index in [1.54, 1.807) is 13.1 Å². The summed E-state index contributed by atoms with van der Waals surface area (Å²) in [7, 11) is 0. The second-order valence-electron chi connectivity index (χ2n) is 5.82. The second kappa shape index (κ2) is 5.19. The van der Waals surface area contributed by atoms with Crippen LogP contribution in [-0.2, 0) is 12.1 Å². The standard InChI is InChI=1S/C13H25N3O/c1-6-8-16-9-7-14-11(16)13(5,17)10-15-12(2,3)4/h7,9,15,17H,6,8,10H2,1-5H3. The lowest BCUT2D eigenvalue weighted by Crippen LogP contribution is -2.45. The van der Waals surface area contributed by atoms with Crippen LogP contribution in [0.1, 0.15) is 46.9 Å². The van der Waals surface area contributed by atoms with Crippen LogP contribution in [0, 0.1) is 0 Å². The monoisotopic (exact) mass is 239 g/mol. The van der Waals surface area contributed by atoms with Gasteiger partial charge in [0, 0.05) is 31.0 Å². The zero-order valence-electron chi connectivity index (χ0n) is 11.6. The third-order valence-corrected chi connectivity index (χ3v) is 2.62. The number of imidazole rings is 1. The number of rotatable bonds is 5. The molecule has 0 radical (unpaired) electrons. The lowest BCUT2D eigenvalue weighted by Gasteiger charge is -2.29. The first-order valence-corrected chi connectivity index (χ1v) is 6.25. The number of nitrogens with one attached hydrogen (secondary N) is 1. The SMILES string of the molecule is CCCn1ccnc1C(C)(O)CNC(C)(C)C. The van der Waals surface area contributed by atoms with Gasteiger partial charge < -0.3 is 15.0 Å². The van der Waals surface area contributed by atoms with Crippen molar-refractivity contribution in [3.63, 3.8) is 0 Å². The Balaban J connectivity index is 2.77. The second-order valence-corrected chi connectivity index (χ2v) is 5.82. The van der Waals surface area contributed by atoms with Gasteiger partial charge in [0.2, 0.25) is 0 Å². The van der Waals surface area contributed by atoms with Crippen molar-refractivity contribution in [2.24, 2.45) is 0 Å². The Morgan fingerprint density at radius 2 is 2.00 bits per heavy atom. The number of aromatic nitrogens is 2. The highest BCUT2D eigenvalue weighted by Crippen LogP contribution is 2.19. The van der Waals surface area contributed by atoms with Crippen molar-refractivity contribution in [3.05, 3.63) is 18.2 Å². The molecular formula is C13H25N3O. The zero-order valence-corrected chi connectivity index (χ0v) is 11.6. The number of hydrogen-bond donors (Lipinski definition) is 2. The molecule has 1 unspecified atom stereocenters. The van der Waals surface area contributed by atoms with Crippen molar-refractivity contribution in [2.75, 3.05) is 6.54 Å². The first kappa shape index (κ1) is 14.2. The molecule has 0 aliphatic rings. The molecule has 1 aromatic heterocycles. The predicted octanol–water partition coefficient (Wildman–Crippen LogP) is 1.89. The molecule has 4 heteroatoms. The molecular weight excluding hydrogens is 214 g/mol. The van der Waals surface area contributed by atoms with E-state index in [0.717, 1.165) is 18.8 Å². The zero-order chi connectivity index (χ0) is 13.1. The van der Waals surface area contributed by atoms with Crippen molar-refractivity contribution in [2.45, 2.75) is 58.7 Å². The van der Waals surface area contributed by atoms with E-state index in [-0.39, 0.29) is 5.54 Å². The quantitative estimate of drug-likeness (QED) is 0.825. The van der Waals surface area contributed by atoms with Crippen LogP contribution in [0.5, 0.6) is 0 Å². The van der Waals surface area contributed by atoms with Gasteiger partial charge in [-0.25, -0.2) is 4.98 Å². The maximum atomic E-state index is 10.5. The number of aliphatic hydroxyl groups is 1. The molecule has 0 aromatic carbocycles. The first-order chi connectivity index (χ1) is 7.76. The highest BCUT2D eigenvalue weighted by Gasteiger charge is 2.29. The van der Waals surface area contributed by atoms with Gasteiger partial charge in [0.05, 0.1) is 0 Å². The Hall–Kier alpha value is -0.870. The summed E-state index contributed by atoms with van der Waals surface area (Å²) in [5.41, 5.74) is -0.946. The average molecular weight is 239 g/mol. The van der Waals surface area contributed by atoms with E-state index < -0.39 is 5.60 Å². The van der Waals surface area contributed by atoms with Crippen LogP contribution in [0.2, 0.25) is 0 Å². The summed E-state index contributed by atoms with van der Waals surface area (Å²) in [5.74, 6) is 0.732. The molecule has 1 heterocycles. The van der Waals surface area contributed by atoms with Gasteiger partial charge in [-0.3, -0.25) is 0 Å². The molecule has 0 bridgehead atoms. The molecule has 17 heavy (non-hydrogen) atoms. The molecule has 0 aliphatic heterocycles. The Morgan fingerprint density at radius 3 is 2.53 bits per heavy atom. The van der Waals surface area contributed by atoms with Crippen LogP contribution >= 0.6 is 0 Å². The van der Waals surface area contributed by atoms with Gasteiger partial charge in [-0.05, 0) is 34.1 Å². The number of nitrogens with zero attached hydrogens (tertiary/aromatic N) is 2. The highest BCUT2D eigenvalue weighted by molar-refractivity contribution is 5.04. The molecule has 0 spiro atoms. The van der Waals surface area contributed by atoms with Gasteiger partial charge >= 0.3 is 0 Å². The van der Waals surface area contributed by atoms with Gasteiger partial charge in [0.15, 0.2) is 0 Å². The van der Waals surface area contributed by atoms with Gasteiger partial charge in [-0.2, -0.15) is 0 Å². The molecule has 0 amide bonds. The normalized spacial score (nSPS) is 15.9. The van der Waals surface area contributed by atoms with Gasteiger partial charge in [-0.1, -0.05) is 6.92 Å². The number of aryl methyl sites for hydroxylation is 1. The van der Waals surface area contributed by atoms with Crippen LogP contribution in [0.25, 0.3) is 0 Å². The summed E-state index contributed by atoms with van der Waals surface area (Å²) in [6.07, 6.45) is 4.70. The summed E-state index contributed by atoms with van der Waals surface area (Å²) in [5, 5.41) is 13.8. The third kappa shape index (κ3) is 4.13. The molecule has 4 nitrogen and oxygen atoms in total. The van der Waals surface area contributed by atoms with Crippen molar-refractivity contribution in [3.8, 4) is 0 Å². The molecule has 1 atom stereocenters. The third-order valence-electron chi connectivity index (χ3n) is 2.62. The molecule has 0 saturated carbocycles. The van der Waals surface area contributed by atoms with Crippen LogP contribution in [-0.4, -0.2) is 26.7 Å². The average Bonchev–Trinajstić information content (AvgIpc) is 2.63. The molecule has 1 rings (SSSR count). The van der Waals surface area contributed by atoms with E-state index in [1.807, 2.05) is 10.8 Å². The summed E-state index contributed by atoms with van der Waals surface area (Å²) in [4.78, 5) is 4.28. The fourth-order valence-corrected chi connectivity index (χ4v) is 1.72. The molecule has 1 aromatic rings. The number of hydrogen-bond acceptors (Lipinski definition) is 3. The van der Waals surface area contributed by atoms with E-state index in [2.05, 4.69) is 38.0 Å². The minimum Gasteiger partial charge on any atom is -0.381 e. The van der Waals surface area contributed by atoms with Crippen molar-refractivity contribution < 1.29 is 5.11 Å². The Morgan fingerprint density at radius 1 is 1.35 bits per heavy atom. The highest BCUT2D eigenvalue weighted by atomic mass is 16.3. The summed E-state index contributed by atoms with van der Waals surface area (Å²) < 4.78 is 2.02. The van der Waals surface area contributed by atoms with Crippen molar-refractivity contribution >= 4 is 0 Å². The molecule has 98 valence electrons. The van der Waals surface area contributed by atoms with Gasteiger partial charge in [0.25, 0.3) is 0 Å². The lowest BCUT2D eigenvalue weighted by atomic mass is 10.0. The maximum Gasteiger partial charge on any atom is 0.141 e. The molecule has 0 saturated heterocycles. The van der Waals surface area contributed by atoms with Crippen LogP contribution < -0.4 is 5.32 Å². The summed E-state index contributed by atoms with van der Waals surface area (Å²) >= 11 is 0. The van der Waals surface area contributed by atoms with Crippen molar-refractivity contribution in [1.82, 2.24) is 14.9 Å². The van der Waals surface area contributed by atoms with Crippen LogP contribution in [0.3, 0.4) is 0 Å². The first-order valence-electron chi connectivity index (χ1n) is 6.25. The molecule has 0 fully saturated rings. The van der Waals surface area contributed by atoms with Crippen molar-refractivity contribution in [1.29, 1.82) is 0 Å². The fourth-order valence-electron chi connectivity index (χ4n) is 1.72. The topological polar surface area (TPSA) is 50.1 Å². The van der Waals surface area contributed by atoms with E-state index in [4.69, 9.17) is 0 Å². The Labute approximate surface area is 104 Å². The molecule has 2 N–H and O–H groups in total. The van der Waals surface area contributed by atoms with E-state index in [1.165, 1.54) is 0 Å². The van der Waals surface area contributed by atoms with Gasteiger partial charge in [-0.15, -0.1) is 0 Å². The smallest absolute Gasteiger partial charge is 0.141 e. The lowest BCUT2D eigenvalue weighted by molar-refractivity contribution is 0.0376. The summed E-state index contributed by atoms with van der Waals surface area (Å²) in [6, 6.07) is 0. The minimum atomic E-state index is -0.939. The van der Waals surface area contributed by atoms with Crippen LogP contribution in [0.15, 0.2) is 12.4 Å². The molecule has 0 aliphatic carbocycles. The van der Waals surface area contributed by atoms with E-state index >= 15 is 0 Å². The van der Waals surface area contributed by atoms with E-state index in [9.17, 15) is 5.11 Å².